The SMILES string of the molecule is CCOc1ccccc1[C@@H]1[C@]2(C#N)C(N)=NC3(OCCO3)[C@]12C#N. The minimum absolute atomic E-state index is 0.0877. The van der Waals surface area contributed by atoms with Gasteiger partial charge in [-0.15, -0.1) is 0 Å². The van der Waals surface area contributed by atoms with Gasteiger partial charge in [0.2, 0.25) is 0 Å². The fourth-order valence-corrected chi connectivity index (χ4v) is 4.19. The van der Waals surface area contributed by atoms with Crippen molar-refractivity contribution in [1.82, 2.24) is 0 Å². The van der Waals surface area contributed by atoms with Crippen molar-refractivity contribution < 1.29 is 14.2 Å². The van der Waals surface area contributed by atoms with Crippen LogP contribution in [0.5, 0.6) is 5.75 Å². The Balaban J connectivity index is 1.92. The van der Waals surface area contributed by atoms with Crippen molar-refractivity contribution in [3.05, 3.63) is 29.8 Å². The second-order valence-electron chi connectivity index (χ2n) is 6.02. The van der Waals surface area contributed by atoms with Crippen LogP contribution in [0, 0.1) is 33.5 Å². The summed E-state index contributed by atoms with van der Waals surface area (Å²) in [5.41, 5.74) is 4.29. The topological polar surface area (TPSA) is 114 Å². The number of para-hydroxylation sites is 1. The number of rotatable bonds is 3. The number of nitrogens with two attached hydrogens (primary N) is 1. The summed E-state index contributed by atoms with van der Waals surface area (Å²) in [6, 6.07) is 11.9. The highest BCUT2D eigenvalue weighted by molar-refractivity contribution is 6.00. The van der Waals surface area contributed by atoms with Crippen molar-refractivity contribution in [2.45, 2.75) is 18.8 Å². The molecule has 7 nitrogen and oxygen atoms in total. The highest BCUT2D eigenvalue weighted by atomic mass is 16.8. The largest absolute Gasteiger partial charge is 0.494 e. The van der Waals surface area contributed by atoms with Crippen LogP contribution in [0.25, 0.3) is 0 Å². The van der Waals surface area contributed by atoms with E-state index in [0.29, 0.717) is 25.6 Å². The molecule has 2 fully saturated rings. The van der Waals surface area contributed by atoms with Crippen molar-refractivity contribution in [3.8, 4) is 17.9 Å². The molecule has 2 heterocycles. The van der Waals surface area contributed by atoms with E-state index in [2.05, 4.69) is 17.1 Å². The summed E-state index contributed by atoms with van der Waals surface area (Å²) in [4.78, 5) is 4.25. The average Bonchev–Trinajstić information content (AvgIpc) is 2.83. The molecule has 1 aromatic rings. The number of nitrogens with zero attached hydrogens (tertiary/aromatic N) is 3. The number of nitriles is 2. The van der Waals surface area contributed by atoms with Gasteiger partial charge in [0.1, 0.15) is 17.0 Å². The van der Waals surface area contributed by atoms with E-state index in [0.717, 1.165) is 5.56 Å². The maximum Gasteiger partial charge on any atom is 0.293 e. The van der Waals surface area contributed by atoms with E-state index in [1.54, 1.807) is 0 Å². The summed E-state index contributed by atoms with van der Waals surface area (Å²) in [7, 11) is 0. The lowest BCUT2D eigenvalue weighted by molar-refractivity contribution is -0.184. The minimum Gasteiger partial charge on any atom is -0.494 e. The first-order valence-corrected chi connectivity index (χ1v) is 7.81. The molecule has 3 aliphatic rings. The van der Waals surface area contributed by atoms with Gasteiger partial charge in [-0.05, 0) is 13.0 Å². The van der Waals surface area contributed by atoms with Crippen molar-refractivity contribution in [3.63, 3.8) is 0 Å². The van der Waals surface area contributed by atoms with Gasteiger partial charge in [-0.2, -0.15) is 10.5 Å². The van der Waals surface area contributed by atoms with Crippen molar-refractivity contribution in [2.75, 3.05) is 19.8 Å². The first-order chi connectivity index (χ1) is 11.6. The number of hydrogen-bond acceptors (Lipinski definition) is 7. The zero-order valence-corrected chi connectivity index (χ0v) is 13.2. The molecule has 0 unspecified atom stereocenters. The third-order valence-electron chi connectivity index (χ3n) is 5.14. The third kappa shape index (κ3) is 1.36. The number of amidine groups is 1. The Bertz CT molecular complexity index is 818. The van der Waals surface area contributed by atoms with E-state index < -0.39 is 22.7 Å². The smallest absolute Gasteiger partial charge is 0.293 e. The monoisotopic (exact) mass is 324 g/mol. The van der Waals surface area contributed by atoms with Gasteiger partial charge < -0.3 is 19.9 Å². The molecule has 1 spiro atoms. The van der Waals surface area contributed by atoms with Crippen LogP contribution in [0.2, 0.25) is 0 Å². The lowest BCUT2D eigenvalue weighted by Crippen LogP contribution is -2.38. The van der Waals surface area contributed by atoms with Gasteiger partial charge in [-0.1, -0.05) is 18.2 Å². The van der Waals surface area contributed by atoms with Crippen LogP contribution in [0.15, 0.2) is 29.3 Å². The Morgan fingerprint density at radius 2 is 2.00 bits per heavy atom. The Hall–Kier alpha value is -2.61. The molecule has 2 aliphatic heterocycles. The number of benzene rings is 1. The molecule has 0 aromatic heterocycles. The standard InChI is InChI=1S/C17H16N4O3/c1-2-22-12-6-4-3-5-11(12)13-15(9-18)14(20)21-17(16(13,15)10-19)23-7-8-24-17/h3-6,13H,2,7-8H2,1H3,(H2,20,21)/t13-,15-,16-/m1/s1. The zero-order chi connectivity index (χ0) is 17.0. The van der Waals surface area contributed by atoms with Crippen molar-refractivity contribution in [2.24, 2.45) is 21.6 Å². The van der Waals surface area contributed by atoms with E-state index in [4.69, 9.17) is 19.9 Å². The first kappa shape index (κ1) is 14.9. The molecule has 0 bridgehead atoms. The van der Waals surface area contributed by atoms with Crippen LogP contribution in [-0.4, -0.2) is 31.6 Å². The molecule has 1 saturated heterocycles. The molecule has 122 valence electrons. The molecule has 1 aliphatic carbocycles. The molecule has 7 heteroatoms. The van der Waals surface area contributed by atoms with Gasteiger partial charge in [0.05, 0.1) is 32.0 Å². The van der Waals surface area contributed by atoms with Crippen molar-refractivity contribution in [1.29, 1.82) is 10.5 Å². The Kier molecular flexibility index (Phi) is 2.93. The van der Waals surface area contributed by atoms with Gasteiger partial charge in [0.25, 0.3) is 5.91 Å². The number of hydrogen-bond donors (Lipinski definition) is 1. The molecule has 3 atom stereocenters. The van der Waals surface area contributed by atoms with Gasteiger partial charge in [0, 0.05) is 11.5 Å². The number of ether oxygens (including phenoxy) is 3. The highest BCUT2D eigenvalue weighted by Gasteiger charge is 2.94. The van der Waals surface area contributed by atoms with Crippen LogP contribution in [0.3, 0.4) is 0 Å². The summed E-state index contributed by atoms with van der Waals surface area (Å²) < 4.78 is 17.1. The van der Waals surface area contributed by atoms with Crippen LogP contribution in [0.1, 0.15) is 18.4 Å². The highest BCUT2D eigenvalue weighted by Crippen LogP contribution is 2.82. The van der Waals surface area contributed by atoms with Gasteiger partial charge in [-0.25, -0.2) is 4.99 Å². The lowest BCUT2D eigenvalue weighted by atomic mass is 9.94. The second-order valence-corrected chi connectivity index (χ2v) is 6.02. The Labute approximate surface area is 139 Å². The summed E-state index contributed by atoms with van der Waals surface area (Å²) >= 11 is 0. The maximum absolute atomic E-state index is 10.0. The molecule has 1 aromatic carbocycles. The molecule has 4 rings (SSSR count). The second kappa shape index (κ2) is 4.70. The number of fused-ring (bicyclic) bond motifs is 2. The molecule has 0 amide bonds. The summed E-state index contributed by atoms with van der Waals surface area (Å²) in [5.74, 6) is -1.31. The molecular formula is C17H16N4O3. The average molecular weight is 324 g/mol. The molecular weight excluding hydrogens is 308 g/mol. The van der Waals surface area contributed by atoms with E-state index in [1.807, 2.05) is 31.2 Å². The normalized spacial score (nSPS) is 35.0. The predicted molar refractivity (Wildman–Crippen MR) is 82.7 cm³/mol. The summed E-state index contributed by atoms with van der Waals surface area (Å²) in [5, 5.41) is 19.9. The first-order valence-electron chi connectivity index (χ1n) is 7.81. The fraction of sp³-hybridized carbons (Fsp3) is 0.471. The summed E-state index contributed by atoms with van der Waals surface area (Å²) in [6.07, 6.45) is 0. The van der Waals surface area contributed by atoms with Gasteiger partial charge >= 0.3 is 0 Å². The molecule has 2 N–H and O–H groups in total. The van der Waals surface area contributed by atoms with Crippen LogP contribution in [0.4, 0.5) is 0 Å². The van der Waals surface area contributed by atoms with Crippen LogP contribution >= 0.6 is 0 Å². The number of aliphatic imine (C=N–C) groups is 1. The van der Waals surface area contributed by atoms with Gasteiger partial charge in [-0.3, -0.25) is 0 Å². The van der Waals surface area contributed by atoms with E-state index in [1.165, 1.54) is 0 Å². The zero-order valence-electron chi connectivity index (χ0n) is 13.2. The van der Waals surface area contributed by atoms with Crippen molar-refractivity contribution >= 4 is 5.84 Å². The summed E-state index contributed by atoms with van der Waals surface area (Å²) in [6.45, 7) is 2.97. The lowest BCUT2D eigenvalue weighted by Gasteiger charge is -2.26. The Morgan fingerprint density at radius 3 is 2.62 bits per heavy atom. The molecule has 0 radical (unpaired) electrons. The van der Waals surface area contributed by atoms with Crippen LogP contribution < -0.4 is 10.5 Å². The van der Waals surface area contributed by atoms with E-state index >= 15 is 0 Å². The van der Waals surface area contributed by atoms with Gasteiger partial charge in [0.15, 0.2) is 5.41 Å². The molecule has 24 heavy (non-hydrogen) atoms. The molecule has 1 saturated carbocycles. The fourth-order valence-electron chi connectivity index (χ4n) is 4.19. The maximum atomic E-state index is 10.0. The predicted octanol–water partition coefficient (Wildman–Crippen LogP) is 1.27. The minimum atomic E-state index is -1.51. The Morgan fingerprint density at radius 1 is 1.29 bits per heavy atom. The van der Waals surface area contributed by atoms with Crippen LogP contribution in [-0.2, 0) is 9.47 Å². The van der Waals surface area contributed by atoms with E-state index in [9.17, 15) is 10.5 Å². The quantitative estimate of drug-likeness (QED) is 0.895. The van der Waals surface area contributed by atoms with E-state index in [-0.39, 0.29) is 5.84 Å². The third-order valence-corrected chi connectivity index (χ3v) is 5.14.